The lowest BCUT2D eigenvalue weighted by molar-refractivity contribution is 0.0456. The van der Waals surface area contributed by atoms with Crippen LogP contribution in [0.25, 0.3) is 0 Å². The van der Waals surface area contributed by atoms with Gasteiger partial charge in [-0.3, -0.25) is 9.48 Å². The minimum Gasteiger partial charge on any atom is -0.377 e. The van der Waals surface area contributed by atoms with Crippen LogP contribution < -0.4 is 0 Å². The molecular formula is C17H28N4O2. The van der Waals surface area contributed by atoms with Gasteiger partial charge >= 0.3 is 0 Å². The number of ether oxygens (including phenoxy) is 1. The van der Waals surface area contributed by atoms with E-state index in [4.69, 9.17) is 4.74 Å². The summed E-state index contributed by atoms with van der Waals surface area (Å²) < 4.78 is 7.48. The molecule has 128 valence electrons. The van der Waals surface area contributed by atoms with Crippen molar-refractivity contribution in [3.05, 3.63) is 17.5 Å². The number of hydrogen-bond acceptors (Lipinski definition) is 4. The van der Waals surface area contributed by atoms with Crippen molar-refractivity contribution in [1.29, 1.82) is 0 Å². The fourth-order valence-corrected chi connectivity index (χ4v) is 3.58. The molecule has 1 unspecified atom stereocenters. The fraction of sp³-hybridized carbons (Fsp3) is 0.765. The zero-order valence-electron chi connectivity index (χ0n) is 14.5. The maximum atomic E-state index is 12.6. The molecule has 0 bridgehead atoms. The van der Waals surface area contributed by atoms with Crippen molar-refractivity contribution in [3.63, 3.8) is 0 Å². The van der Waals surface area contributed by atoms with Crippen LogP contribution in [0, 0.1) is 6.92 Å². The van der Waals surface area contributed by atoms with E-state index >= 15 is 0 Å². The van der Waals surface area contributed by atoms with Crippen molar-refractivity contribution in [1.82, 2.24) is 19.6 Å². The largest absolute Gasteiger partial charge is 0.377 e. The SMILES string of the molecule is Cc1cc(C(=O)N(C)C2CCN(CC3CCCO3)CC2)nn1C. The van der Waals surface area contributed by atoms with E-state index < -0.39 is 0 Å². The number of carbonyl (C=O) groups is 1. The third kappa shape index (κ3) is 3.75. The van der Waals surface area contributed by atoms with Crippen LogP contribution >= 0.6 is 0 Å². The predicted molar refractivity (Wildman–Crippen MR) is 88.5 cm³/mol. The van der Waals surface area contributed by atoms with Crippen molar-refractivity contribution < 1.29 is 9.53 Å². The third-order valence-electron chi connectivity index (χ3n) is 5.24. The number of rotatable bonds is 4. The molecule has 6 heteroatoms. The number of nitrogens with zero attached hydrogens (tertiary/aromatic N) is 4. The summed E-state index contributed by atoms with van der Waals surface area (Å²) in [5.74, 6) is 0.0336. The number of likely N-dealkylation sites (tertiary alicyclic amines) is 1. The molecule has 1 amide bonds. The van der Waals surface area contributed by atoms with Gasteiger partial charge < -0.3 is 14.5 Å². The molecule has 0 aliphatic carbocycles. The topological polar surface area (TPSA) is 50.6 Å². The molecule has 0 aromatic carbocycles. The molecule has 0 radical (unpaired) electrons. The van der Waals surface area contributed by atoms with Gasteiger partial charge in [0.05, 0.1) is 6.10 Å². The minimum atomic E-state index is 0.0336. The van der Waals surface area contributed by atoms with Crippen LogP contribution in [0.15, 0.2) is 6.07 Å². The summed E-state index contributed by atoms with van der Waals surface area (Å²) in [4.78, 5) is 16.9. The fourth-order valence-electron chi connectivity index (χ4n) is 3.58. The maximum absolute atomic E-state index is 12.6. The summed E-state index contributed by atoms with van der Waals surface area (Å²) in [5.41, 5.74) is 1.56. The average Bonchev–Trinajstić information content (AvgIpc) is 3.17. The first-order chi connectivity index (χ1) is 11.0. The molecule has 1 atom stereocenters. The van der Waals surface area contributed by atoms with Gasteiger partial charge in [0.15, 0.2) is 5.69 Å². The van der Waals surface area contributed by atoms with Gasteiger partial charge in [0.2, 0.25) is 0 Å². The second kappa shape index (κ2) is 7.01. The van der Waals surface area contributed by atoms with Crippen LogP contribution in [0.4, 0.5) is 0 Å². The van der Waals surface area contributed by atoms with Gasteiger partial charge in [-0.05, 0) is 38.7 Å². The second-order valence-corrected chi connectivity index (χ2v) is 6.88. The molecule has 0 spiro atoms. The highest BCUT2D eigenvalue weighted by Crippen LogP contribution is 2.20. The average molecular weight is 320 g/mol. The first-order valence-electron chi connectivity index (χ1n) is 8.66. The molecule has 3 heterocycles. The van der Waals surface area contributed by atoms with Crippen molar-refractivity contribution in [2.75, 3.05) is 33.3 Å². The molecule has 3 rings (SSSR count). The minimum absolute atomic E-state index is 0.0336. The molecule has 1 aromatic heterocycles. The number of amides is 1. The monoisotopic (exact) mass is 320 g/mol. The summed E-state index contributed by atoms with van der Waals surface area (Å²) in [7, 11) is 3.78. The van der Waals surface area contributed by atoms with Crippen LogP contribution in [0.5, 0.6) is 0 Å². The van der Waals surface area contributed by atoms with Gasteiger partial charge in [-0.1, -0.05) is 0 Å². The zero-order valence-corrected chi connectivity index (χ0v) is 14.5. The first-order valence-corrected chi connectivity index (χ1v) is 8.66. The Morgan fingerprint density at radius 1 is 1.39 bits per heavy atom. The van der Waals surface area contributed by atoms with Gasteiger partial charge in [-0.2, -0.15) is 5.10 Å². The van der Waals surface area contributed by atoms with Crippen LogP contribution in [0.2, 0.25) is 0 Å². The summed E-state index contributed by atoms with van der Waals surface area (Å²) in [6, 6.07) is 2.18. The Morgan fingerprint density at radius 2 is 2.13 bits per heavy atom. The second-order valence-electron chi connectivity index (χ2n) is 6.88. The van der Waals surface area contributed by atoms with E-state index in [-0.39, 0.29) is 5.91 Å². The molecule has 6 nitrogen and oxygen atoms in total. The Labute approximate surface area is 138 Å². The van der Waals surface area contributed by atoms with Crippen LogP contribution in [0.1, 0.15) is 41.9 Å². The Hall–Kier alpha value is -1.40. The summed E-state index contributed by atoms with van der Waals surface area (Å²) >= 11 is 0. The van der Waals surface area contributed by atoms with Gasteiger partial charge in [-0.25, -0.2) is 0 Å². The maximum Gasteiger partial charge on any atom is 0.274 e. The zero-order chi connectivity index (χ0) is 16.4. The van der Waals surface area contributed by atoms with Crippen molar-refractivity contribution >= 4 is 5.91 Å². The smallest absolute Gasteiger partial charge is 0.274 e. The molecule has 2 fully saturated rings. The number of aromatic nitrogens is 2. The first kappa shape index (κ1) is 16.5. The number of hydrogen-bond donors (Lipinski definition) is 0. The molecule has 0 saturated carbocycles. The standard InChI is InChI=1S/C17H28N4O2/c1-13-11-16(18-20(13)3)17(22)19(2)14-6-8-21(9-7-14)12-15-5-4-10-23-15/h11,14-15H,4-10,12H2,1-3H3. The van der Waals surface area contributed by atoms with E-state index in [9.17, 15) is 4.79 Å². The number of carbonyl (C=O) groups excluding carboxylic acids is 1. The molecule has 2 saturated heterocycles. The van der Waals surface area contributed by atoms with Crippen LogP contribution in [-0.4, -0.2) is 70.9 Å². The summed E-state index contributed by atoms with van der Waals surface area (Å²) in [6.45, 7) is 6.02. The number of aryl methyl sites for hydroxylation is 2. The lowest BCUT2D eigenvalue weighted by Crippen LogP contribution is -2.47. The van der Waals surface area contributed by atoms with Crippen molar-refractivity contribution in [3.8, 4) is 0 Å². The molecule has 2 aliphatic heterocycles. The van der Waals surface area contributed by atoms with Crippen molar-refractivity contribution in [2.24, 2.45) is 7.05 Å². The summed E-state index contributed by atoms with van der Waals surface area (Å²) in [5, 5.41) is 4.31. The van der Waals surface area contributed by atoms with E-state index in [1.165, 1.54) is 12.8 Å². The van der Waals surface area contributed by atoms with Gasteiger partial charge in [0.1, 0.15) is 0 Å². The lowest BCUT2D eigenvalue weighted by atomic mass is 10.0. The van der Waals surface area contributed by atoms with Gasteiger partial charge in [0, 0.05) is 52.1 Å². The Kier molecular flexibility index (Phi) is 5.02. The normalized spacial score (nSPS) is 23.3. The predicted octanol–water partition coefficient (Wildman–Crippen LogP) is 1.44. The van der Waals surface area contributed by atoms with Crippen LogP contribution in [0.3, 0.4) is 0 Å². The van der Waals surface area contributed by atoms with E-state index in [1.54, 1.807) is 4.68 Å². The Bertz CT molecular complexity index is 523. The third-order valence-corrected chi connectivity index (χ3v) is 5.24. The molecule has 2 aliphatic rings. The molecule has 0 N–H and O–H groups in total. The van der Waals surface area contributed by atoms with E-state index in [2.05, 4.69) is 10.00 Å². The van der Waals surface area contributed by atoms with E-state index in [0.717, 1.165) is 44.8 Å². The molecular weight excluding hydrogens is 292 g/mol. The van der Waals surface area contributed by atoms with Crippen LogP contribution in [-0.2, 0) is 11.8 Å². The Morgan fingerprint density at radius 3 is 2.70 bits per heavy atom. The van der Waals surface area contributed by atoms with E-state index in [1.807, 2.05) is 32.0 Å². The van der Waals surface area contributed by atoms with Gasteiger partial charge in [-0.15, -0.1) is 0 Å². The van der Waals surface area contributed by atoms with Crippen molar-refractivity contribution in [2.45, 2.75) is 44.8 Å². The number of piperidine rings is 1. The Balaban J connectivity index is 1.51. The quantitative estimate of drug-likeness (QED) is 0.842. The van der Waals surface area contributed by atoms with E-state index in [0.29, 0.717) is 17.8 Å². The van der Waals surface area contributed by atoms with Gasteiger partial charge in [0.25, 0.3) is 5.91 Å². The highest BCUT2D eigenvalue weighted by atomic mass is 16.5. The molecule has 1 aromatic rings. The molecule has 23 heavy (non-hydrogen) atoms. The highest BCUT2D eigenvalue weighted by Gasteiger charge is 2.28. The highest BCUT2D eigenvalue weighted by molar-refractivity contribution is 5.92. The lowest BCUT2D eigenvalue weighted by Gasteiger charge is -2.37. The summed E-state index contributed by atoms with van der Waals surface area (Å²) in [6.07, 6.45) is 4.86.